The SMILES string of the molecule is O=C(O)N(O)c1ccccc1COc1ccn(-c2ccc(Cl)cc2)n1. The van der Waals surface area contributed by atoms with Crippen molar-refractivity contribution in [3.63, 3.8) is 0 Å². The van der Waals surface area contributed by atoms with Gasteiger partial charge in [0, 0.05) is 22.8 Å². The van der Waals surface area contributed by atoms with Gasteiger partial charge in [-0.2, -0.15) is 5.06 Å². The lowest BCUT2D eigenvalue weighted by molar-refractivity contribution is 0.160. The van der Waals surface area contributed by atoms with Crippen LogP contribution in [0.2, 0.25) is 5.02 Å². The van der Waals surface area contributed by atoms with Crippen LogP contribution in [0.25, 0.3) is 5.69 Å². The number of para-hydroxylation sites is 1. The molecule has 128 valence electrons. The van der Waals surface area contributed by atoms with Crippen LogP contribution < -0.4 is 9.80 Å². The Morgan fingerprint density at radius 3 is 2.60 bits per heavy atom. The van der Waals surface area contributed by atoms with E-state index in [9.17, 15) is 10.0 Å². The highest BCUT2D eigenvalue weighted by Gasteiger charge is 2.15. The van der Waals surface area contributed by atoms with E-state index in [1.165, 1.54) is 6.07 Å². The summed E-state index contributed by atoms with van der Waals surface area (Å²) < 4.78 is 7.23. The molecular formula is C17H14ClN3O4. The number of carbonyl (C=O) groups is 1. The zero-order valence-electron chi connectivity index (χ0n) is 12.9. The number of carboxylic acid groups (broad SMARTS) is 1. The summed E-state index contributed by atoms with van der Waals surface area (Å²) in [4.78, 5) is 10.9. The van der Waals surface area contributed by atoms with Crippen LogP contribution in [0.4, 0.5) is 10.5 Å². The van der Waals surface area contributed by atoms with E-state index >= 15 is 0 Å². The molecule has 0 bridgehead atoms. The van der Waals surface area contributed by atoms with Crippen molar-refractivity contribution in [3.05, 3.63) is 71.4 Å². The van der Waals surface area contributed by atoms with Gasteiger partial charge >= 0.3 is 6.09 Å². The highest BCUT2D eigenvalue weighted by atomic mass is 35.5. The van der Waals surface area contributed by atoms with Crippen molar-refractivity contribution < 1.29 is 19.8 Å². The smallest absolute Gasteiger partial charge is 0.436 e. The number of hydrogen-bond acceptors (Lipinski definition) is 4. The fraction of sp³-hybridized carbons (Fsp3) is 0.0588. The third kappa shape index (κ3) is 3.90. The monoisotopic (exact) mass is 359 g/mol. The molecule has 0 saturated heterocycles. The van der Waals surface area contributed by atoms with Gasteiger partial charge in [-0.3, -0.25) is 5.21 Å². The molecule has 7 nitrogen and oxygen atoms in total. The Balaban J connectivity index is 1.73. The maximum absolute atomic E-state index is 10.9. The average Bonchev–Trinajstić information content (AvgIpc) is 3.09. The van der Waals surface area contributed by atoms with E-state index in [-0.39, 0.29) is 17.4 Å². The molecule has 0 fully saturated rings. The molecular weight excluding hydrogens is 346 g/mol. The van der Waals surface area contributed by atoms with E-state index in [4.69, 9.17) is 21.4 Å². The molecule has 3 aromatic rings. The van der Waals surface area contributed by atoms with Gasteiger partial charge in [0.25, 0.3) is 0 Å². The summed E-state index contributed by atoms with van der Waals surface area (Å²) in [5.41, 5.74) is 1.47. The second kappa shape index (κ2) is 7.25. The van der Waals surface area contributed by atoms with E-state index in [1.807, 2.05) is 12.1 Å². The molecule has 8 heteroatoms. The Morgan fingerprint density at radius 1 is 1.16 bits per heavy atom. The number of aromatic nitrogens is 2. The summed E-state index contributed by atoms with van der Waals surface area (Å²) in [6.07, 6.45) is 0.263. The molecule has 3 rings (SSSR count). The first-order chi connectivity index (χ1) is 12.0. The van der Waals surface area contributed by atoms with Crippen molar-refractivity contribution in [1.82, 2.24) is 9.78 Å². The summed E-state index contributed by atoms with van der Waals surface area (Å²) in [5.74, 6) is 0.365. The van der Waals surface area contributed by atoms with E-state index in [2.05, 4.69) is 5.10 Å². The van der Waals surface area contributed by atoms with Crippen LogP contribution in [-0.2, 0) is 6.61 Å². The van der Waals surface area contributed by atoms with Crippen LogP contribution in [-0.4, -0.2) is 26.2 Å². The normalized spacial score (nSPS) is 10.5. The highest BCUT2D eigenvalue weighted by Crippen LogP contribution is 2.21. The van der Waals surface area contributed by atoms with Crippen molar-refractivity contribution in [2.24, 2.45) is 0 Å². The summed E-state index contributed by atoms with van der Waals surface area (Å²) in [6.45, 7) is 0.0537. The third-order valence-corrected chi connectivity index (χ3v) is 3.68. The number of benzene rings is 2. The molecule has 0 aliphatic heterocycles. The molecule has 1 aromatic heterocycles. The molecule has 0 aliphatic carbocycles. The number of rotatable bonds is 5. The minimum Gasteiger partial charge on any atom is -0.472 e. The van der Waals surface area contributed by atoms with Gasteiger partial charge in [0.2, 0.25) is 5.88 Å². The predicted octanol–water partition coefficient (Wildman–Crippen LogP) is 3.98. The minimum absolute atomic E-state index is 0.0537. The summed E-state index contributed by atoms with van der Waals surface area (Å²) in [6, 6.07) is 15.4. The van der Waals surface area contributed by atoms with E-state index < -0.39 is 6.09 Å². The maximum atomic E-state index is 10.9. The van der Waals surface area contributed by atoms with Crippen molar-refractivity contribution in [2.45, 2.75) is 6.61 Å². The molecule has 2 N–H and O–H groups in total. The van der Waals surface area contributed by atoms with E-state index in [0.29, 0.717) is 16.5 Å². The van der Waals surface area contributed by atoms with Crippen LogP contribution in [0, 0.1) is 0 Å². The second-order valence-electron chi connectivity index (χ2n) is 5.09. The molecule has 0 unspecified atom stereocenters. The van der Waals surface area contributed by atoms with Crippen LogP contribution in [0.15, 0.2) is 60.8 Å². The lowest BCUT2D eigenvalue weighted by Gasteiger charge is -2.15. The Bertz CT molecular complexity index is 880. The number of hydroxylamine groups is 1. The Morgan fingerprint density at radius 2 is 1.88 bits per heavy atom. The fourth-order valence-electron chi connectivity index (χ4n) is 2.22. The van der Waals surface area contributed by atoms with Gasteiger partial charge in [0.05, 0.1) is 11.4 Å². The minimum atomic E-state index is -1.47. The van der Waals surface area contributed by atoms with Crippen LogP contribution in [0.1, 0.15) is 5.56 Å². The van der Waals surface area contributed by atoms with Crippen LogP contribution in [0.3, 0.4) is 0 Å². The summed E-state index contributed by atoms with van der Waals surface area (Å²) >= 11 is 5.86. The van der Waals surface area contributed by atoms with E-state index in [1.54, 1.807) is 47.3 Å². The first-order valence-electron chi connectivity index (χ1n) is 7.29. The third-order valence-electron chi connectivity index (χ3n) is 3.43. The quantitative estimate of drug-likeness (QED) is 0.531. The van der Waals surface area contributed by atoms with Crippen LogP contribution >= 0.6 is 11.6 Å². The van der Waals surface area contributed by atoms with Gasteiger partial charge in [0.1, 0.15) is 6.61 Å². The topological polar surface area (TPSA) is 87.8 Å². The molecule has 25 heavy (non-hydrogen) atoms. The Labute approximate surface area is 148 Å². The highest BCUT2D eigenvalue weighted by molar-refractivity contribution is 6.30. The number of anilines is 1. The number of nitrogens with zero attached hydrogens (tertiary/aromatic N) is 3. The van der Waals surface area contributed by atoms with Gasteiger partial charge in [-0.1, -0.05) is 29.8 Å². The van der Waals surface area contributed by atoms with Crippen LogP contribution in [0.5, 0.6) is 5.88 Å². The van der Waals surface area contributed by atoms with Gasteiger partial charge in [-0.15, -0.1) is 5.10 Å². The lowest BCUT2D eigenvalue weighted by atomic mass is 10.2. The average molecular weight is 360 g/mol. The molecule has 1 heterocycles. The molecule has 0 atom stereocenters. The van der Waals surface area contributed by atoms with Gasteiger partial charge in [0.15, 0.2) is 0 Å². The molecule has 2 aromatic carbocycles. The van der Waals surface area contributed by atoms with Crippen molar-refractivity contribution >= 4 is 23.4 Å². The Kier molecular flexibility index (Phi) is 4.87. The predicted molar refractivity (Wildman–Crippen MR) is 91.6 cm³/mol. The molecule has 0 spiro atoms. The number of hydrogen-bond donors (Lipinski definition) is 2. The first-order valence-corrected chi connectivity index (χ1v) is 7.66. The molecule has 0 aliphatic rings. The fourth-order valence-corrected chi connectivity index (χ4v) is 2.34. The van der Waals surface area contributed by atoms with Crippen molar-refractivity contribution in [2.75, 3.05) is 5.06 Å². The number of halogens is 1. The van der Waals surface area contributed by atoms with Crippen molar-refractivity contribution in [1.29, 1.82) is 0 Å². The van der Waals surface area contributed by atoms with Gasteiger partial charge in [-0.25, -0.2) is 9.48 Å². The summed E-state index contributed by atoms with van der Waals surface area (Å²) in [7, 11) is 0. The number of amides is 1. The number of ether oxygens (including phenoxy) is 1. The van der Waals surface area contributed by atoms with Gasteiger partial charge < -0.3 is 9.84 Å². The molecule has 0 saturated carbocycles. The lowest BCUT2D eigenvalue weighted by Crippen LogP contribution is -2.26. The van der Waals surface area contributed by atoms with Gasteiger partial charge in [-0.05, 0) is 30.3 Å². The second-order valence-corrected chi connectivity index (χ2v) is 5.52. The summed E-state index contributed by atoms with van der Waals surface area (Å²) in [5, 5.41) is 23.6. The standard InChI is InChI=1S/C17H14ClN3O4/c18-13-5-7-14(8-6-13)20-10-9-16(19-20)25-11-12-3-1-2-4-15(12)21(24)17(22)23/h1-10,24H,11H2,(H,22,23). The zero-order chi connectivity index (χ0) is 17.8. The zero-order valence-corrected chi connectivity index (χ0v) is 13.7. The molecule has 0 radical (unpaired) electrons. The maximum Gasteiger partial charge on any atom is 0.436 e. The van der Waals surface area contributed by atoms with E-state index in [0.717, 1.165) is 5.69 Å². The Hall–Kier alpha value is -3.03. The largest absolute Gasteiger partial charge is 0.472 e. The molecule has 1 amide bonds. The first kappa shape index (κ1) is 16.8. The van der Waals surface area contributed by atoms with Crippen molar-refractivity contribution in [3.8, 4) is 11.6 Å².